The number of hydrogen-bond acceptors (Lipinski definition) is 2. The highest BCUT2D eigenvalue weighted by Crippen LogP contribution is 2.29. The average Bonchev–Trinajstić information content (AvgIpc) is 2.28. The summed E-state index contributed by atoms with van der Waals surface area (Å²) < 4.78 is 0. The molecule has 1 N–H and O–H groups in total. The Morgan fingerprint density at radius 2 is 2.12 bits per heavy atom. The molecule has 0 amide bonds. The molecule has 1 aromatic rings. The van der Waals surface area contributed by atoms with Crippen molar-refractivity contribution >= 4 is 35.0 Å². The smallest absolute Gasteiger partial charge is 0.0639 e. The van der Waals surface area contributed by atoms with Crippen molar-refractivity contribution < 1.29 is 0 Å². The molecule has 0 aromatic heterocycles. The molecule has 90 valence electrons. The van der Waals surface area contributed by atoms with Crippen LogP contribution in [0.25, 0.3) is 0 Å². The van der Waals surface area contributed by atoms with Crippen LogP contribution in [-0.4, -0.2) is 18.6 Å². The van der Waals surface area contributed by atoms with E-state index in [1.54, 1.807) is 0 Å². The molecule has 16 heavy (non-hydrogen) atoms. The van der Waals surface area contributed by atoms with Crippen LogP contribution in [0.1, 0.15) is 24.9 Å². The molecule has 0 aliphatic heterocycles. The Morgan fingerprint density at radius 1 is 1.38 bits per heavy atom. The molecule has 1 rings (SSSR count). The maximum Gasteiger partial charge on any atom is 0.0639 e. The minimum Gasteiger partial charge on any atom is -0.310 e. The first-order chi connectivity index (χ1) is 7.66. The number of thioether (sulfide) groups is 1. The summed E-state index contributed by atoms with van der Waals surface area (Å²) in [4.78, 5) is 0. The Morgan fingerprint density at radius 3 is 2.81 bits per heavy atom. The number of hydrogen-bond donors (Lipinski definition) is 1. The summed E-state index contributed by atoms with van der Waals surface area (Å²) in [7, 11) is 0. The van der Waals surface area contributed by atoms with E-state index in [2.05, 4.69) is 18.5 Å². The molecule has 0 heterocycles. The predicted octanol–water partition coefficient (Wildman–Crippen LogP) is 4.40. The van der Waals surface area contributed by atoms with E-state index < -0.39 is 0 Å². The van der Waals surface area contributed by atoms with Crippen molar-refractivity contribution in [2.45, 2.75) is 19.4 Å². The number of benzene rings is 1. The SMILES string of the molecule is CSCCCNC(C)c1cccc(Cl)c1Cl. The second-order valence-electron chi connectivity index (χ2n) is 3.67. The first-order valence-corrected chi connectivity index (χ1v) is 7.48. The topological polar surface area (TPSA) is 12.0 Å². The van der Waals surface area contributed by atoms with Crippen LogP contribution in [0.4, 0.5) is 0 Å². The van der Waals surface area contributed by atoms with Gasteiger partial charge in [-0.05, 0) is 43.5 Å². The molecule has 0 bridgehead atoms. The summed E-state index contributed by atoms with van der Waals surface area (Å²) in [6, 6.07) is 6.01. The van der Waals surface area contributed by atoms with Gasteiger partial charge in [-0.15, -0.1) is 0 Å². The van der Waals surface area contributed by atoms with Gasteiger partial charge in [0.2, 0.25) is 0 Å². The highest BCUT2D eigenvalue weighted by atomic mass is 35.5. The lowest BCUT2D eigenvalue weighted by molar-refractivity contribution is 0.573. The van der Waals surface area contributed by atoms with Crippen molar-refractivity contribution in [1.29, 1.82) is 0 Å². The van der Waals surface area contributed by atoms with Gasteiger partial charge in [0, 0.05) is 6.04 Å². The molecule has 4 heteroatoms. The molecule has 0 saturated carbocycles. The number of halogens is 2. The van der Waals surface area contributed by atoms with E-state index in [4.69, 9.17) is 23.2 Å². The van der Waals surface area contributed by atoms with Crippen molar-refractivity contribution in [1.82, 2.24) is 5.32 Å². The standard InChI is InChI=1S/C12H17Cl2NS/c1-9(15-7-4-8-16-2)10-5-3-6-11(13)12(10)14/h3,5-6,9,15H,4,7-8H2,1-2H3. The third kappa shape index (κ3) is 4.17. The van der Waals surface area contributed by atoms with Crippen molar-refractivity contribution in [3.63, 3.8) is 0 Å². The molecule has 0 spiro atoms. The number of rotatable bonds is 6. The van der Waals surface area contributed by atoms with Crippen molar-refractivity contribution in [2.75, 3.05) is 18.6 Å². The number of nitrogens with one attached hydrogen (secondary N) is 1. The highest BCUT2D eigenvalue weighted by molar-refractivity contribution is 7.98. The van der Waals surface area contributed by atoms with Crippen LogP contribution in [0.3, 0.4) is 0 Å². The fourth-order valence-corrected chi connectivity index (χ4v) is 2.40. The first-order valence-electron chi connectivity index (χ1n) is 5.33. The van der Waals surface area contributed by atoms with Gasteiger partial charge >= 0.3 is 0 Å². The lowest BCUT2D eigenvalue weighted by atomic mass is 10.1. The maximum absolute atomic E-state index is 6.15. The average molecular weight is 278 g/mol. The van der Waals surface area contributed by atoms with Gasteiger partial charge in [-0.25, -0.2) is 0 Å². The molecule has 0 aliphatic rings. The third-order valence-electron chi connectivity index (χ3n) is 2.42. The minimum absolute atomic E-state index is 0.244. The largest absolute Gasteiger partial charge is 0.310 e. The molecule has 0 radical (unpaired) electrons. The summed E-state index contributed by atoms with van der Waals surface area (Å²) in [5.74, 6) is 1.18. The summed E-state index contributed by atoms with van der Waals surface area (Å²) >= 11 is 14.0. The normalized spacial score (nSPS) is 12.8. The summed E-state index contributed by atoms with van der Waals surface area (Å²) in [5.41, 5.74) is 1.07. The molecular weight excluding hydrogens is 261 g/mol. The molecule has 0 aliphatic carbocycles. The van der Waals surface area contributed by atoms with Gasteiger partial charge in [-0.3, -0.25) is 0 Å². The monoisotopic (exact) mass is 277 g/mol. The van der Waals surface area contributed by atoms with E-state index in [9.17, 15) is 0 Å². The summed E-state index contributed by atoms with van der Waals surface area (Å²) in [6.07, 6.45) is 3.29. The minimum atomic E-state index is 0.244. The zero-order valence-electron chi connectivity index (χ0n) is 9.59. The molecule has 1 atom stereocenters. The van der Waals surface area contributed by atoms with Crippen LogP contribution in [0.2, 0.25) is 10.0 Å². The van der Waals surface area contributed by atoms with E-state index in [-0.39, 0.29) is 6.04 Å². The second-order valence-corrected chi connectivity index (χ2v) is 5.44. The lowest BCUT2D eigenvalue weighted by Crippen LogP contribution is -2.20. The van der Waals surface area contributed by atoms with Gasteiger partial charge in [0.15, 0.2) is 0 Å². The van der Waals surface area contributed by atoms with E-state index in [1.165, 1.54) is 12.2 Å². The van der Waals surface area contributed by atoms with Crippen LogP contribution < -0.4 is 5.32 Å². The Bertz CT molecular complexity index is 331. The van der Waals surface area contributed by atoms with Gasteiger partial charge in [-0.1, -0.05) is 35.3 Å². The van der Waals surface area contributed by atoms with Crippen molar-refractivity contribution in [3.8, 4) is 0 Å². The highest BCUT2D eigenvalue weighted by Gasteiger charge is 2.10. The third-order valence-corrected chi connectivity index (χ3v) is 3.95. The summed E-state index contributed by atoms with van der Waals surface area (Å²) in [5, 5.41) is 4.73. The Labute approximate surface area is 112 Å². The van der Waals surface area contributed by atoms with E-state index >= 15 is 0 Å². The zero-order chi connectivity index (χ0) is 12.0. The Kier molecular flexibility index (Phi) is 6.59. The van der Waals surface area contributed by atoms with Crippen LogP contribution >= 0.6 is 35.0 Å². The van der Waals surface area contributed by atoms with Crippen LogP contribution in [-0.2, 0) is 0 Å². The van der Waals surface area contributed by atoms with Crippen LogP contribution in [0.5, 0.6) is 0 Å². The fraction of sp³-hybridized carbons (Fsp3) is 0.500. The molecule has 1 aromatic carbocycles. The van der Waals surface area contributed by atoms with Crippen LogP contribution in [0, 0.1) is 0 Å². The molecule has 1 nitrogen and oxygen atoms in total. The molecule has 0 fully saturated rings. The van der Waals surface area contributed by atoms with Crippen molar-refractivity contribution in [3.05, 3.63) is 33.8 Å². The fourth-order valence-electron chi connectivity index (χ4n) is 1.50. The van der Waals surface area contributed by atoms with E-state index in [0.29, 0.717) is 10.0 Å². The quantitative estimate of drug-likeness (QED) is 0.774. The predicted molar refractivity (Wildman–Crippen MR) is 75.9 cm³/mol. The Hall–Kier alpha value is 0.110. The van der Waals surface area contributed by atoms with Gasteiger partial charge in [0.05, 0.1) is 10.0 Å². The first kappa shape index (κ1) is 14.2. The molecular formula is C12H17Cl2NS. The van der Waals surface area contributed by atoms with Gasteiger partial charge in [0.25, 0.3) is 0 Å². The van der Waals surface area contributed by atoms with Gasteiger partial charge in [0.1, 0.15) is 0 Å². The second kappa shape index (κ2) is 7.44. The molecule has 0 saturated heterocycles. The Balaban J connectivity index is 2.52. The van der Waals surface area contributed by atoms with Gasteiger partial charge < -0.3 is 5.32 Å². The van der Waals surface area contributed by atoms with Crippen LogP contribution in [0.15, 0.2) is 18.2 Å². The lowest BCUT2D eigenvalue weighted by Gasteiger charge is -2.16. The zero-order valence-corrected chi connectivity index (χ0v) is 11.9. The maximum atomic E-state index is 6.15. The van der Waals surface area contributed by atoms with Crippen molar-refractivity contribution in [2.24, 2.45) is 0 Å². The summed E-state index contributed by atoms with van der Waals surface area (Å²) in [6.45, 7) is 3.11. The van der Waals surface area contributed by atoms with E-state index in [1.807, 2.05) is 30.0 Å². The van der Waals surface area contributed by atoms with Gasteiger partial charge in [-0.2, -0.15) is 11.8 Å². The molecule has 1 unspecified atom stereocenters. The van der Waals surface area contributed by atoms with E-state index in [0.717, 1.165) is 12.1 Å².